The molecule has 2 heterocycles. The first-order valence-electron chi connectivity index (χ1n) is 11.4. The van der Waals surface area contributed by atoms with Crippen LogP contribution in [0.1, 0.15) is 28.9 Å². The Hall–Kier alpha value is -3.39. The molecule has 0 saturated carbocycles. The summed E-state index contributed by atoms with van der Waals surface area (Å²) in [6.07, 6.45) is 2.01. The topological polar surface area (TPSA) is 76.3 Å². The summed E-state index contributed by atoms with van der Waals surface area (Å²) in [5.41, 5.74) is 3.30. The molecule has 1 amide bonds. The van der Waals surface area contributed by atoms with Crippen LogP contribution in [0, 0.1) is 0 Å². The van der Waals surface area contributed by atoms with Crippen LogP contribution in [-0.4, -0.2) is 70.5 Å². The van der Waals surface area contributed by atoms with E-state index in [4.69, 9.17) is 18.9 Å². The maximum Gasteiger partial charge on any atom is 0.270 e. The molecule has 182 valence electrons. The third-order valence-corrected chi connectivity index (χ3v) is 6.23. The number of carbonyl (C=O) groups is 1. The fraction of sp³-hybridized carbons (Fsp3) is 0.423. The van der Waals surface area contributed by atoms with E-state index in [9.17, 15) is 4.79 Å². The molecule has 0 spiro atoms. The number of methoxy groups -OCH3 is 3. The van der Waals surface area contributed by atoms with Crippen LogP contribution < -0.4 is 19.1 Å². The van der Waals surface area contributed by atoms with Crippen molar-refractivity contribution in [3.8, 4) is 17.2 Å². The molecule has 2 aromatic carbocycles. The zero-order chi connectivity index (χ0) is 24.2. The number of fused-ring (bicyclic) bond motifs is 1. The Kier molecular flexibility index (Phi) is 7.17. The van der Waals surface area contributed by atoms with Crippen molar-refractivity contribution in [1.29, 1.82) is 0 Å². The molecule has 34 heavy (non-hydrogen) atoms. The number of rotatable bonds is 9. The van der Waals surface area contributed by atoms with Gasteiger partial charge < -0.3 is 33.7 Å². The van der Waals surface area contributed by atoms with Crippen molar-refractivity contribution < 1.29 is 23.7 Å². The largest absolute Gasteiger partial charge is 0.496 e. The fourth-order valence-corrected chi connectivity index (χ4v) is 4.40. The molecule has 1 N–H and O–H groups in total. The average Bonchev–Trinajstić information content (AvgIpc) is 3.52. The van der Waals surface area contributed by atoms with Crippen molar-refractivity contribution in [3.63, 3.8) is 0 Å². The lowest BCUT2D eigenvalue weighted by molar-refractivity contribution is 0.0503. The monoisotopic (exact) mass is 467 g/mol. The Balaban J connectivity index is 1.68. The molecule has 4 rings (SSSR count). The molecule has 1 aromatic heterocycles. The molecule has 0 bridgehead atoms. The number of hydrogen-bond donors (Lipinski definition) is 1. The minimum Gasteiger partial charge on any atom is -0.496 e. The summed E-state index contributed by atoms with van der Waals surface area (Å²) in [5.74, 6) is 1.56. The second-order valence-electron chi connectivity index (χ2n) is 8.67. The number of amides is 1. The molecule has 1 unspecified atom stereocenters. The van der Waals surface area contributed by atoms with E-state index in [-0.39, 0.29) is 12.0 Å². The lowest BCUT2D eigenvalue weighted by Crippen LogP contribution is -2.37. The third-order valence-electron chi connectivity index (χ3n) is 6.23. The summed E-state index contributed by atoms with van der Waals surface area (Å²) in [4.78, 5) is 20.9. The van der Waals surface area contributed by atoms with Crippen molar-refractivity contribution in [1.82, 2.24) is 9.88 Å². The maximum atomic E-state index is 13.8. The number of aromatic nitrogens is 1. The number of anilines is 1. The van der Waals surface area contributed by atoms with Crippen molar-refractivity contribution >= 4 is 22.5 Å². The lowest BCUT2D eigenvalue weighted by Gasteiger charge is -2.25. The molecule has 1 atom stereocenters. The standard InChI is InChI=1S/C26H33N3O5/c1-28(2)18-10-8-17(9-11-18)15-29(16-19-7-6-12-34-19)26(30)21-13-20-22(31-3)14-23(32-4)25(33-5)24(20)27-21/h8-11,13-14,19,27H,6-7,12,15-16H2,1-5H3. The van der Waals surface area contributed by atoms with Crippen molar-refractivity contribution in [3.05, 3.63) is 47.7 Å². The number of aromatic amines is 1. The van der Waals surface area contributed by atoms with E-state index in [0.717, 1.165) is 36.1 Å². The zero-order valence-electron chi connectivity index (χ0n) is 20.5. The van der Waals surface area contributed by atoms with Gasteiger partial charge in [0.15, 0.2) is 11.5 Å². The van der Waals surface area contributed by atoms with Crippen LogP contribution in [0.15, 0.2) is 36.4 Å². The highest BCUT2D eigenvalue weighted by Gasteiger charge is 2.26. The van der Waals surface area contributed by atoms with Gasteiger partial charge in [0, 0.05) is 50.9 Å². The van der Waals surface area contributed by atoms with Gasteiger partial charge in [0.05, 0.1) is 33.0 Å². The number of hydrogen-bond acceptors (Lipinski definition) is 6. The molecular formula is C26H33N3O5. The number of ether oxygens (including phenoxy) is 4. The first-order valence-corrected chi connectivity index (χ1v) is 11.4. The molecular weight excluding hydrogens is 434 g/mol. The van der Waals surface area contributed by atoms with E-state index in [1.165, 1.54) is 0 Å². The summed E-state index contributed by atoms with van der Waals surface area (Å²) in [5, 5.41) is 0.760. The predicted molar refractivity (Wildman–Crippen MR) is 132 cm³/mol. The number of nitrogens with one attached hydrogen (secondary N) is 1. The Labute approximate surface area is 200 Å². The van der Waals surface area contributed by atoms with E-state index in [2.05, 4.69) is 34.1 Å². The lowest BCUT2D eigenvalue weighted by atomic mass is 10.1. The Morgan fingerprint density at radius 2 is 1.79 bits per heavy atom. The summed E-state index contributed by atoms with van der Waals surface area (Å²) in [6, 6.07) is 11.8. The van der Waals surface area contributed by atoms with Gasteiger partial charge >= 0.3 is 0 Å². The van der Waals surface area contributed by atoms with E-state index < -0.39 is 0 Å². The minimum atomic E-state index is -0.105. The van der Waals surface area contributed by atoms with Gasteiger partial charge in [0.25, 0.3) is 5.91 Å². The van der Waals surface area contributed by atoms with Crippen molar-refractivity contribution in [2.45, 2.75) is 25.5 Å². The first-order chi connectivity index (χ1) is 16.4. The first kappa shape index (κ1) is 23.8. The van der Waals surface area contributed by atoms with Crippen LogP contribution in [0.4, 0.5) is 5.69 Å². The highest BCUT2D eigenvalue weighted by molar-refractivity contribution is 6.02. The Morgan fingerprint density at radius 1 is 1.06 bits per heavy atom. The van der Waals surface area contributed by atoms with Gasteiger partial charge in [-0.3, -0.25) is 4.79 Å². The normalized spacial score (nSPS) is 15.4. The number of carbonyl (C=O) groups excluding carboxylic acids is 1. The van der Waals surface area contributed by atoms with Crippen molar-refractivity contribution in [2.75, 3.05) is 53.5 Å². The van der Waals surface area contributed by atoms with E-state index in [0.29, 0.717) is 41.5 Å². The summed E-state index contributed by atoms with van der Waals surface area (Å²) < 4.78 is 22.4. The number of nitrogens with zero attached hydrogens (tertiary/aromatic N) is 2. The Morgan fingerprint density at radius 3 is 2.38 bits per heavy atom. The van der Waals surface area contributed by atoms with Crippen LogP contribution in [0.3, 0.4) is 0 Å². The number of H-pyrrole nitrogens is 1. The van der Waals surface area contributed by atoms with Gasteiger partial charge in [-0.25, -0.2) is 0 Å². The summed E-state index contributed by atoms with van der Waals surface area (Å²) in [7, 11) is 8.76. The van der Waals surface area contributed by atoms with Crippen molar-refractivity contribution in [2.24, 2.45) is 0 Å². The van der Waals surface area contributed by atoms with Crippen LogP contribution in [0.25, 0.3) is 10.9 Å². The van der Waals surface area contributed by atoms with Crippen LogP contribution in [-0.2, 0) is 11.3 Å². The van der Waals surface area contributed by atoms with Gasteiger partial charge in [-0.2, -0.15) is 0 Å². The second-order valence-corrected chi connectivity index (χ2v) is 8.67. The van der Waals surface area contributed by atoms with E-state index >= 15 is 0 Å². The third kappa shape index (κ3) is 4.77. The molecule has 0 aliphatic carbocycles. The van der Waals surface area contributed by atoms with Gasteiger partial charge in [-0.1, -0.05) is 12.1 Å². The van der Waals surface area contributed by atoms with Crippen LogP contribution >= 0.6 is 0 Å². The zero-order valence-corrected chi connectivity index (χ0v) is 20.5. The van der Waals surface area contributed by atoms with E-state index in [1.54, 1.807) is 27.4 Å². The molecule has 1 aliphatic heterocycles. The maximum absolute atomic E-state index is 13.8. The van der Waals surface area contributed by atoms with Crippen LogP contribution in [0.5, 0.6) is 17.2 Å². The number of benzene rings is 2. The van der Waals surface area contributed by atoms with Gasteiger partial charge in [0.2, 0.25) is 0 Å². The Bertz CT molecular complexity index is 1130. The SMILES string of the molecule is COc1cc(OC)c2cc(C(=O)N(Cc3ccc(N(C)C)cc3)CC3CCCO3)[nH]c2c1OC. The predicted octanol–water partition coefficient (Wildman–Crippen LogP) is 4.08. The average molecular weight is 468 g/mol. The molecule has 1 aliphatic rings. The molecule has 8 heteroatoms. The second kappa shape index (κ2) is 10.3. The highest BCUT2D eigenvalue weighted by Crippen LogP contribution is 2.41. The summed E-state index contributed by atoms with van der Waals surface area (Å²) >= 11 is 0. The smallest absolute Gasteiger partial charge is 0.270 e. The van der Waals surface area contributed by atoms with Gasteiger partial charge in [-0.05, 0) is 36.6 Å². The van der Waals surface area contributed by atoms with Gasteiger partial charge in [0.1, 0.15) is 11.4 Å². The molecule has 8 nitrogen and oxygen atoms in total. The summed E-state index contributed by atoms with van der Waals surface area (Å²) in [6.45, 7) is 1.76. The van der Waals surface area contributed by atoms with E-state index in [1.807, 2.05) is 25.1 Å². The van der Waals surface area contributed by atoms with Gasteiger partial charge in [-0.15, -0.1) is 0 Å². The quantitative estimate of drug-likeness (QED) is 0.511. The minimum absolute atomic E-state index is 0.0403. The fourth-order valence-electron chi connectivity index (χ4n) is 4.40. The molecule has 3 aromatic rings. The molecule has 0 radical (unpaired) electrons. The molecule has 1 saturated heterocycles. The van der Waals surface area contributed by atoms with Crippen LogP contribution in [0.2, 0.25) is 0 Å². The highest BCUT2D eigenvalue weighted by atomic mass is 16.5. The molecule has 1 fully saturated rings.